The van der Waals surface area contributed by atoms with Crippen LogP contribution in [0.4, 0.5) is 4.39 Å². The van der Waals surface area contributed by atoms with Crippen molar-refractivity contribution in [2.75, 3.05) is 6.54 Å². The van der Waals surface area contributed by atoms with E-state index in [0.29, 0.717) is 0 Å². The first-order valence-corrected chi connectivity index (χ1v) is 6.18. The van der Waals surface area contributed by atoms with Crippen LogP contribution < -0.4 is 0 Å². The van der Waals surface area contributed by atoms with Gasteiger partial charge in [0.1, 0.15) is 5.82 Å². The van der Waals surface area contributed by atoms with Gasteiger partial charge in [0.05, 0.1) is 12.0 Å². The molecule has 0 heterocycles. The molecule has 1 aromatic rings. The van der Waals surface area contributed by atoms with Crippen molar-refractivity contribution in [3.63, 3.8) is 0 Å². The highest BCUT2D eigenvalue weighted by Gasteiger charge is 2.22. The van der Waals surface area contributed by atoms with Crippen molar-refractivity contribution in [2.24, 2.45) is 0 Å². The number of halogens is 2. The van der Waals surface area contributed by atoms with Crippen molar-refractivity contribution in [3.8, 4) is 0 Å². The molecule has 4 nitrogen and oxygen atoms in total. The van der Waals surface area contributed by atoms with Crippen LogP contribution in [0.1, 0.15) is 30.6 Å². The average Bonchev–Trinajstić information content (AvgIpc) is 2.27. The maximum Gasteiger partial charge on any atom is 0.305 e. The molecule has 0 aliphatic carbocycles. The molecule has 0 saturated carbocycles. The molecule has 0 aliphatic rings. The second kappa shape index (κ2) is 6.52. The van der Waals surface area contributed by atoms with Crippen LogP contribution in [0.25, 0.3) is 0 Å². The number of amides is 1. The van der Waals surface area contributed by atoms with Crippen LogP contribution in [0.2, 0.25) is 5.02 Å². The zero-order valence-corrected chi connectivity index (χ0v) is 11.4. The molecule has 19 heavy (non-hydrogen) atoms. The Morgan fingerprint density at radius 2 is 2.05 bits per heavy atom. The Kier molecular flexibility index (Phi) is 5.30. The normalized spacial score (nSPS) is 10.6. The smallest absolute Gasteiger partial charge is 0.305 e. The summed E-state index contributed by atoms with van der Waals surface area (Å²) in [5.74, 6) is -2.25. The summed E-state index contributed by atoms with van der Waals surface area (Å²) in [6, 6.07) is 3.57. The van der Waals surface area contributed by atoms with Crippen LogP contribution in [-0.2, 0) is 4.79 Å². The van der Waals surface area contributed by atoms with Gasteiger partial charge in [-0.25, -0.2) is 4.39 Å². The van der Waals surface area contributed by atoms with E-state index in [4.69, 9.17) is 16.7 Å². The lowest BCUT2D eigenvalue weighted by atomic mass is 10.1. The van der Waals surface area contributed by atoms with Gasteiger partial charge in [0, 0.05) is 17.6 Å². The second-order valence-electron chi connectivity index (χ2n) is 4.36. The molecule has 1 rings (SSSR count). The number of carboxylic acids is 1. The lowest BCUT2D eigenvalue weighted by Gasteiger charge is -2.26. The molecule has 0 spiro atoms. The van der Waals surface area contributed by atoms with Crippen molar-refractivity contribution >= 4 is 23.5 Å². The number of carboxylic acid groups (broad SMARTS) is 1. The minimum absolute atomic E-state index is 0.0356. The number of carbonyl (C=O) groups is 2. The monoisotopic (exact) mass is 287 g/mol. The van der Waals surface area contributed by atoms with Crippen LogP contribution >= 0.6 is 11.6 Å². The van der Waals surface area contributed by atoms with E-state index >= 15 is 0 Å². The van der Waals surface area contributed by atoms with Gasteiger partial charge >= 0.3 is 5.97 Å². The van der Waals surface area contributed by atoms with Gasteiger partial charge in [-0.1, -0.05) is 11.6 Å². The van der Waals surface area contributed by atoms with Crippen LogP contribution in [0.15, 0.2) is 18.2 Å². The Morgan fingerprint density at radius 1 is 1.42 bits per heavy atom. The first kappa shape index (κ1) is 15.4. The Labute approximate surface area is 115 Å². The number of hydrogen-bond acceptors (Lipinski definition) is 2. The SMILES string of the molecule is CC(C)N(CCC(=O)O)C(=O)c1ccc(Cl)cc1F. The van der Waals surface area contributed by atoms with E-state index in [1.807, 2.05) is 0 Å². The third-order valence-corrected chi connectivity index (χ3v) is 2.85. The van der Waals surface area contributed by atoms with Gasteiger partial charge in [-0.15, -0.1) is 0 Å². The maximum atomic E-state index is 13.7. The van der Waals surface area contributed by atoms with Gasteiger partial charge in [0.2, 0.25) is 0 Å². The Bertz CT molecular complexity index is 491. The zero-order valence-electron chi connectivity index (χ0n) is 10.7. The molecule has 1 amide bonds. The average molecular weight is 288 g/mol. The molecular weight excluding hydrogens is 273 g/mol. The fourth-order valence-corrected chi connectivity index (χ4v) is 1.79. The van der Waals surface area contributed by atoms with E-state index in [1.54, 1.807) is 13.8 Å². The van der Waals surface area contributed by atoms with Crippen LogP contribution in [0, 0.1) is 5.82 Å². The fourth-order valence-electron chi connectivity index (χ4n) is 1.63. The Morgan fingerprint density at radius 3 is 2.53 bits per heavy atom. The van der Waals surface area contributed by atoms with Gasteiger partial charge in [-0.05, 0) is 32.0 Å². The summed E-state index contributed by atoms with van der Waals surface area (Å²) >= 11 is 5.62. The predicted molar refractivity (Wildman–Crippen MR) is 69.8 cm³/mol. The topological polar surface area (TPSA) is 57.6 Å². The summed E-state index contributed by atoms with van der Waals surface area (Å²) in [4.78, 5) is 24.1. The number of nitrogens with zero attached hydrogens (tertiary/aromatic N) is 1. The third-order valence-electron chi connectivity index (χ3n) is 2.61. The van der Waals surface area contributed by atoms with E-state index in [9.17, 15) is 14.0 Å². The number of rotatable bonds is 5. The minimum Gasteiger partial charge on any atom is -0.481 e. The summed E-state index contributed by atoms with van der Waals surface area (Å²) < 4.78 is 13.7. The van der Waals surface area contributed by atoms with E-state index < -0.39 is 17.7 Å². The van der Waals surface area contributed by atoms with Crippen molar-refractivity contribution in [3.05, 3.63) is 34.6 Å². The zero-order chi connectivity index (χ0) is 14.6. The lowest BCUT2D eigenvalue weighted by molar-refractivity contribution is -0.137. The van der Waals surface area contributed by atoms with Crippen molar-refractivity contribution in [1.82, 2.24) is 4.90 Å². The summed E-state index contributed by atoms with van der Waals surface area (Å²) in [6.07, 6.45) is -0.181. The molecule has 1 aromatic carbocycles. The summed E-state index contributed by atoms with van der Waals surface area (Å²) in [7, 11) is 0. The number of benzene rings is 1. The molecule has 0 unspecified atom stereocenters. The Hall–Kier alpha value is -1.62. The maximum absolute atomic E-state index is 13.7. The molecule has 0 atom stereocenters. The fraction of sp³-hybridized carbons (Fsp3) is 0.385. The first-order valence-electron chi connectivity index (χ1n) is 5.80. The molecule has 6 heteroatoms. The number of carbonyl (C=O) groups excluding carboxylic acids is 1. The number of aliphatic carboxylic acids is 1. The van der Waals surface area contributed by atoms with E-state index in [2.05, 4.69) is 0 Å². The van der Waals surface area contributed by atoms with Gasteiger partial charge < -0.3 is 10.0 Å². The molecule has 104 valence electrons. The first-order chi connectivity index (χ1) is 8.82. The van der Waals surface area contributed by atoms with Crippen LogP contribution in [0.3, 0.4) is 0 Å². The molecule has 0 aromatic heterocycles. The van der Waals surface area contributed by atoms with Gasteiger partial charge in [-0.3, -0.25) is 9.59 Å². The highest BCUT2D eigenvalue weighted by Crippen LogP contribution is 2.17. The molecule has 0 aliphatic heterocycles. The predicted octanol–water partition coefficient (Wildman–Crippen LogP) is 2.80. The quantitative estimate of drug-likeness (QED) is 0.906. The summed E-state index contributed by atoms with van der Waals surface area (Å²) in [5.41, 5.74) is -0.108. The Balaban J connectivity index is 2.95. The molecule has 0 radical (unpaired) electrons. The van der Waals surface area contributed by atoms with Crippen LogP contribution in [0.5, 0.6) is 0 Å². The van der Waals surface area contributed by atoms with Crippen molar-refractivity contribution in [2.45, 2.75) is 26.3 Å². The van der Waals surface area contributed by atoms with Crippen molar-refractivity contribution in [1.29, 1.82) is 0 Å². The van der Waals surface area contributed by atoms with Gasteiger partial charge in [0.15, 0.2) is 0 Å². The summed E-state index contributed by atoms with van der Waals surface area (Å²) in [5, 5.41) is 8.86. The molecular formula is C13H15ClFNO3. The van der Waals surface area contributed by atoms with Gasteiger partial charge in [-0.2, -0.15) is 0 Å². The lowest BCUT2D eigenvalue weighted by Crippen LogP contribution is -2.38. The van der Waals surface area contributed by atoms with Gasteiger partial charge in [0.25, 0.3) is 5.91 Å². The highest BCUT2D eigenvalue weighted by molar-refractivity contribution is 6.30. The molecule has 0 fully saturated rings. The third kappa shape index (κ3) is 4.21. The van der Waals surface area contributed by atoms with E-state index in [1.165, 1.54) is 17.0 Å². The molecule has 0 saturated heterocycles. The van der Waals surface area contributed by atoms with Crippen LogP contribution in [-0.4, -0.2) is 34.5 Å². The number of hydrogen-bond donors (Lipinski definition) is 1. The van der Waals surface area contributed by atoms with E-state index in [0.717, 1.165) is 6.07 Å². The van der Waals surface area contributed by atoms with Crippen molar-refractivity contribution < 1.29 is 19.1 Å². The standard InChI is InChI=1S/C13H15ClFNO3/c1-8(2)16(6-5-12(17)18)13(19)10-4-3-9(14)7-11(10)15/h3-4,7-8H,5-6H2,1-2H3,(H,17,18). The molecule has 0 bridgehead atoms. The molecule has 1 N–H and O–H groups in total. The largest absolute Gasteiger partial charge is 0.481 e. The van der Waals surface area contributed by atoms with E-state index in [-0.39, 0.29) is 29.6 Å². The summed E-state index contributed by atoms with van der Waals surface area (Å²) in [6.45, 7) is 3.52. The second-order valence-corrected chi connectivity index (χ2v) is 4.80. The highest BCUT2D eigenvalue weighted by atomic mass is 35.5. The minimum atomic E-state index is -1.00.